The molecule has 0 bridgehead atoms. The highest BCUT2D eigenvalue weighted by Gasteiger charge is 2.22. The molecule has 0 fully saturated rings. The monoisotopic (exact) mass is 450 g/mol. The minimum absolute atomic E-state index is 0.0806. The first kappa shape index (κ1) is 22.5. The van der Waals surface area contributed by atoms with Gasteiger partial charge in [0.05, 0.1) is 4.88 Å². The number of amides is 1. The van der Waals surface area contributed by atoms with Gasteiger partial charge in [0.25, 0.3) is 5.91 Å². The Kier molecular flexibility index (Phi) is 7.76. The van der Waals surface area contributed by atoms with E-state index in [2.05, 4.69) is 11.1 Å². The van der Waals surface area contributed by atoms with Crippen molar-refractivity contribution in [1.29, 1.82) is 0 Å². The second-order valence-electron chi connectivity index (χ2n) is 6.05. The van der Waals surface area contributed by atoms with Crippen LogP contribution in [0.15, 0.2) is 29.4 Å². The smallest absolute Gasteiger partial charge is 0.261 e. The molecule has 6 nitrogen and oxygen atoms in total. The van der Waals surface area contributed by atoms with Crippen LogP contribution in [0.4, 0.5) is 8.78 Å². The van der Waals surface area contributed by atoms with Crippen LogP contribution in [0.3, 0.4) is 0 Å². The predicted molar refractivity (Wildman–Crippen MR) is 107 cm³/mol. The van der Waals surface area contributed by atoms with Crippen LogP contribution in [0.5, 0.6) is 0 Å². The normalized spacial score (nSPS) is 13.1. The van der Waals surface area contributed by atoms with Crippen LogP contribution in [0.1, 0.15) is 20.8 Å². The lowest BCUT2D eigenvalue weighted by atomic mass is 10.1. The van der Waals surface area contributed by atoms with E-state index in [4.69, 9.17) is 34.8 Å². The molecule has 1 unspecified atom stereocenters. The molecule has 0 saturated heterocycles. The molecule has 2 aromatic rings. The summed E-state index contributed by atoms with van der Waals surface area (Å²) in [5, 5.41) is 4.17. The molecular weight excluding hydrogens is 431 g/mol. The summed E-state index contributed by atoms with van der Waals surface area (Å²) in [6.45, 7) is 0.0806. The molecule has 28 heavy (non-hydrogen) atoms. The predicted octanol–water partition coefficient (Wildman–Crippen LogP) is 1.89. The van der Waals surface area contributed by atoms with Crippen molar-refractivity contribution in [1.82, 2.24) is 10.3 Å². The van der Waals surface area contributed by atoms with Gasteiger partial charge in [0.1, 0.15) is 21.7 Å². The summed E-state index contributed by atoms with van der Waals surface area (Å²) in [6, 6.07) is 4.19. The summed E-state index contributed by atoms with van der Waals surface area (Å²) in [5.41, 5.74) is 10.6. The highest BCUT2D eigenvalue weighted by molar-refractivity contribution is 7.18. The largest absolute Gasteiger partial charge is 0.347 e. The number of nitrogens with one attached hydrogen (secondary N) is 1. The van der Waals surface area contributed by atoms with Gasteiger partial charge in [-0.1, -0.05) is 11.6 Å². The Labute approximate surface area is 174 Å². The zero-order valence-electron chi connectivity index (χ0n) is 14.9. The van der Waals surface area contributed by atoms with Gasteiger partial charge < -0.3 is 21.8 Å². The number of quaternary nitrogens is 1. The second kappa shape index (κ2) is 9.64. The lowest BCUT2D eigenvalue weighted by Gasteiger charge is -2.16. The molecule has 0 aliphatic heterocycles. The summed E-state index contributed by atoms with van der Waals surface area (Å²) < 4.78 is 27.0. The number of benzene rings is 1. The van der Waals surface area contributed by atoms with E-state index >= 15 is 0 Å². The van der Waals surface area contributed by atoms with E-state index in [-0.39, 0.29) is 18.1 Å². The van der Waals surface area contributed by atoms with Gasteiger partial charge in [0.2, 0.25) is 5.16 Å². The molecule has 0 radical (unpaired) electrons. The minimum atomic E-state index is -0.693. The third-order valence-electron chi connectivity index (χ3n) is 3.80. The van der Waals surface area contributed by atoms with Gasteiger partial charge in [0.15, 0.2) is 0 Å². The molecule has 1 heterocycles. The molecule has 152 valence electrons. The molecule has 0 aliphatic carbocycles. The van der Waals surface area contributed by atoms with E-state index in [1.807, 2.05) is 0 Å². The number of hydrazine groups is 1. The van der Waals surface area contributed by atoms with Crippen LogP contribution >= 0.6 is 34.5 Å². The van der Waals surface area contributed by atoms with E-state index in [0.29, 0.717) is 26.0 Å². The number of nitrogens with two attached hydrogens (primary N) is 2. The fourth-order valence-corrected chi connectivity index (χ4v) is 4.05. The molecule has 0 aliphatic rings. The second-order valence-corrected chi connectivity index (χ2v) is 8.16. The van der Waals surface area contributed by atoms with E-state index in [9.17, 15) is 13.6 Å². The fraction of sp³-hybridized carbons (Fsp3) is 0.235. The van der Waals surface area contributed by atoms with Crippen LogP contribution in [-0.4, -0.2) is 30.6 Å². The maximum absolute atomic E-state index is 13.4. The Balaban J connectivity index is 2.19. The van der Waals surface area contributed by atoms with Crippen LogP contribution in [-0.2, 0) is 6.42 Å². The Morgan fingerprint density at radius 3 is 2.43 bits per heavy atom. The van der Waals surface area contributed by atoms with Crippen molar-refractivity contribution in [3.63, 3.8) is 0 Å². The number of hydrogen-bond donors (Lipinski definition) is 4. The van der Waals surface area contributed by atoms with E-state index in [1.54, 1.807) is 13.1 Å². The number of carbonyl (C=O) groups excluding carboxylic acids is 1. The topological polar surface area (TPSA) is 112 Å². The minimum Gasteiger partial charge on any atom is -0.347 e. The fourth-order valence-electron chi connectivity index (χ4n) is 2.63. The quantitative estimate of drug-likeness (QED) is 0.293. The standard InChI is InChI=1S/C17H19Cl2F2N5OS/c1-26(24)14(15(18)23)12-6-13(28-16(12)19)17(27)25-11(7-22)4-8-2-9(20)5-10(21)3-8/h2-3,5-6,11H,4,7,22-24H2,1H3,(H,25,27)/p+1. The van der Waals surface area contributed by atoms with Gasteiger partial charge >= 0.3 is 0 Å². The van der Waals surface area contributed by atoms with Gasteiger partial charge in [-0.05, 0) is 41.8 Å². The third kappa shape index (κ3) is 5.63. The van der Waals surface area contributed by atoms with Crippen molar-refractivity contribution in [3.05, 3.63) is 61.4 Å². The summed E-state index contributed by atoms with van der Waals surface area (Å²) in [4.78, 5) is 12.9. The van der Waals surface area contributed by atoms with E-state index in [1.165, 1.54) is 17.1 Å². The molecule has 2 rings (SSSR count). The highest BCUT2D eigenvalue weighted by atomic mass is 35.5. The van der Waals surface area contributed by atoms with Gasteiger partial charge in [-0.15, -0.1) is 11.3 Å². The first-order valence-corrected chi connectivity index (χ1v) is 9.65. The Morgan fingerprint density at radius 1 is 1.32 bits per heavy atom. The molecule has 1 aromatic heterocycles. The number of carbonyl (C=O) groups is 1. The zero-order chi connectivity index (χ0) is 21.0. The molecule has 11 heteroatoms. The summed E-state index contributed by atoms with van der Waals surface area (Å²) in [7, 11) is 1.57. The van der Waals surface area contributed by atoms with Gasteiger partial charge in [0, 0.05) is 31.3 Å². The van der Waals surface area contributed by atoms with Crippen LogP contribution in [0.25, 0.3) is 5.70 Å². The molecule has 0 saturated carbocycles. The van der Waals surface area contributed by atoms with Gasteiger partial charge in [-0.2, -0.15) is 0 Å². The van der Waals surface area contributed by atoms with Crippen molar-refractivity contribution in [2.24, 2.45) is 11.6 Å². The summed E-state index contributed by atoms with van der Waals surface area (Å²) in [6.07, 6.45) is 0.171. The third-order valence-corrected chi connectivity index (χ3v) is 5.34. The van der Waals surface area contributed by atoms with Gasteiger partial charge in [-0.25, -0.2) is 14.6 Å². The Morgan fingerprint density at radius 2 is 1.93 bits per heavy atom. The molecule has 1 atom stereocenters. The highest BCUT2D eigenvalue weighted by Crippen LogP contribution is 2.34. The molecular formula is C17H20Cl2F2N5OS+. The van der Waals surface area contributed by atoms with Crippen molar-refractivity contribution in [2.45, 2.75) is 12.5 Å². The van der Waals surface area contributed by atoms with E-state index < -0.39 is 23.6 Å². The molecule has 1 amide bonds. The van der Waals surface area contributed by atoms with Crippen LogP contribution in [0.2, 0.25) is 4.34 Å². The number of thiophene rings is 1. The lowest BCUT2D eigenvalue weighted by molar-refractivity contribution is -0.286. The first-order chi connectivity index (χ1) is 13.1. The molecule has 1 aromatic carbocycles. The maximum Gasteiger partial charge on any atom is 0.261 e. The van der Waals surface area contributed by atoms with Crippen molar-refractivity contribution < 1.29 is 19.3 Å². The number of hydrogen-bond acceptors (Lipinski definition) is 5. The molecule has 0 spiro atoms. The van der Waals surface area contributed by atoms with Crippen molar-refractivity contribution in [2.75, 3.05) is 13.6 Å². The van der Waals surface area contributed by atoms with Gasteiger partial charge in [-0.3, -0.25) is 4.79 Å². The molecule has 8 N–H and O–H groups in total. The zero-order valence-corrected chi connectivity index (χ0v) is 17.3. The number of halogens is 4. The summed E-state index contributed by atoms with van der Waals surface area (Å²) >= 11 is 13.2. The summed E-state index contributed by atoms with van der Waals surface area (Å²) in [5.74, 6) is 3.94. The number of nitrogens with zero attached hydrogens (tertiary/aromatic N) is 1. The van der Waals surface area contributed by atoms with Crippen molar-refractivity contribution in [3.8, 4) is 0 Å². The number of rotatable bonds is 7. The SMILES string of the molecule is CN(N)C(=C([NH3+])Cl)c1cc(C(=O)NC(CN)Cc2cc(F)cc(F)c2)sc1Cl. The van der Waals surface area contributed by atoms with Crippen molar-refractivity contribution >= 4 is 46.1 Å². The Bertz CT molecular complexity index is 879. The maximum atomic E-state index is 13.4. The average molecular weight is 451 g/mol. The lowest BCUT2D eigenvalue weighted by Crippen LogP contribution is -2.47. The Hall–Kier alpha value is -1.75. The van der Waals surface area contributed by atoms with E-state index in [0.717, 1.165) is 17.4 Å². The van der Waals surface area contributed by atoms with Crippen LogP contribution < -0.4 is 22.6 Å². The first-order valence-electron chi connectivity index (χ1n) is 8.08. The van der Waals surface area contributed by atoms with Crippen LogP contribution in [0, 0.1) is 11.6 Å². The average Bonchev–Trinajstić information content (AvgIpc) is 2.94.